The monoisotopic (exact) mass is 276 g/mol. The smallest absolute Gasteiger partial charge is 0.312 e. The number of nitrogens with one attached hydrogen (secondary N) is 1. The Balaban J connectivity index is 1.92. The minimum atomic E-state index is -1.12. The van der Waals surface area contributed by atoms with E-state index < -0.39 is 18.3 Å². The van der Waals surface area contributed by atoms with Gasteiger partial charge >= 0.3 is 5.97 Å². The number of carboxylic acids is 1. The number of hydrogen-bond donors (Lipinski definition) is 2. The highest BCUT2D eigenvalue weighted by atomic mass is 16.4. The lowest BCUT2D eigenvalue weighted by atomic mass is 9.99. The molecule has 108 valence electrons. The van der Waals surface area contributed by atoms with Gasteiger partial charge in [-0.3, -0.25) is 9.59 Å². The van der Waals surface area contributed by atoms with Crippen molar-refractivity contribution < 1.29 is 14.7 Å². The number of aliphatic carboxylic acids is 1. The lowest BCUT2D eigenvalue weighted by Gasteiger charge is -2.32. The van der Waals surface area contributed by atoms with E-state index in [9.17, 15) is 9.59 Å². The summed E-state index contributed by atoms with van der Waals surface area (Å²) in [6.45, 7) is 4.40. The summed E-state index contributed by atoms with van der Waals surface area (Å²) in [5.74, 6) is -0.834. The van der Waals surface area contributed by atoms with Crippen molar-refractivity contribution >= 4 is 23.3 Å². The summed E-state index contributed by atoms with van der Waals surface area (Å²) in [5, 5.41) is 11.1. The van der Waals surface area contributed by atoms with Gasteiger partial charge in [-0.1, -0.05) is 6.92 Å². The Kier molecular flexibility index (Phi) is 4.61. The summed E-state index contributed by atoms with van der Waals surface area (Å²) in [7, 11) is 0. The Labute approximate surface area is 118 Å². The van der Waals surface area contributed by atoms with Gasteiger partial charge in [0.05, 0.1) is 0 Å². The Morgan fingerprint density at radius 2 is 1.85 bits per heavy atom. The second-order valence-corrected chi connectivity index (χ2v) is 5.34. The SMILES string of the molecule is CC1CCN(c2ccc(NC(=O)CC(=O)O)cc2)CC1. The minimum Gasteiger partial charge on any atom is -0.481 e. The van der Waals surface area contributed by atoms with Crippen LogP contribution >= 0.6 is 0 Å². The lowest BCUT2D eigenvalue weighted by Crippen LogP contribution is -2.32. The predicted octanol–water partition coefficient (Wildman–Crippen LogP) is 2.34. The molecule has 0 spiro atoms. The number of benzene rings is 1. The highest BCUT2D eigenvalue weighted by Crippen LogP contribution is 2.24. The molecule has 20 heavy (non-hydrogen) atoms. The Morgan fingerprint density at radius 1 is 1.25 bits per heavy atom. The van der Waals surface area contributed by atoms with Gasteiger partial charge in [-0.05, 0) is 43.0 Å². The molecule has 1 aromatic carbocycles. The first-order valence-electron chi connectivity index (χ1n) is 6.91. The fourth-order valence-corrected chi connectivity index (χ4v) is 2.36. The summed E-state index contributed by atoms with van der Waals surface area (Å²) in [4.78, 5) is 24.1. The third-order valence-corrected chi connectivity index (χ3v) is 3.61. The van der Waals surface area contributed by atoms with Crippen LogP contribution in [0.1, 0.15) is 26.2 Å². The van der Waals surface area contributed by atoms with Crippen molar-refractivity contribution in [2.24, 2.45) is 5.92 Å². The number of rotatable bonds is 4. The molecule has 0 saturated carbocycles. The zero-order valence-electron chi connectivity index (χ0n) is 11.6. The quantitative estimate of drug-likeness (QED) is 0.828. The molecule has 0 bridgehead atoms. The molecule has 0 aromatic heterocycles. The number of carboxylic acid groups (broad SMARTS) is 1. The highest BCUT2D eigenvalue weighted by Gasteiger charge is 2.16. The Hall–Kier alpha value is -2.04. The first-order valence-corrected chi connectivity index (χ1v) is 6.91. The maximum atomic E-state index is 11.3. The van der Waals surface area contributed by atoms with Crippen LogP contribution in [0.2, 0.25) is 0 Å². The molecule has 0 unspecified atom stereocenters. The predicted molar refractivity (Wildman–Crippen MR) is 77.9 cm³/mol. The molecule has 2 N–H and O–H groups in total. The number of carbonyl (C=O) groups is 2. The summed E-state index contributed by atoms with van der Waals surface area (Å²) in [6, 6.07) is 7.55. The molecular formula is C15H20N2O3. The van der Waals surface area contributed by atoms with Crippen molar-refractivity contribution in [2.75, 3.05) is 23.3 Å². The van der Waals surface area contributed by atoms with Crippen LogP contribution in [0.3, 0.4) is 0 Å². The van der Waals surface area contributed by atoms with E-state index in [0.29, 0.717) is 5.69 Å². The van der Waals surface area contributed by atoms with Gasteiger partial charge in [0.1, 0.15) is 6.42 Å². The van der Waals surface area contributed by atoms with Crippen molar-refractivity contribution in [2.45, 2.75) is 26.2 Å². The molecule has 1 amide bonds. The van der Waals surface area contributed by atoms with E-state index in [4.69, 9.17) is 5.11 Å². The second kappa shape index (κ2) is 6.41. The molecule has 0 aliphatic carbocycles. The van der Waals surface area contributed by atoms with E-state index >= 15 is 0 Å². The van der Waals surface area contributed by atoms with Gasteiger partial charge in [-0.15, -0.1) is 0 Å². The van der Waals surface area contributed by atoms with Crippen LogP contribution in [0.4, 0.5) is 11.4 Å². The second-order valence-electron chi connectivity index (χ2n) is 5.34. The van der Waals surface area contributed by atoms with E-state index in [0.717, 1.165) is 24.7 Å². The van der Waals surface area contributed by atoms with Crippen LogP contribution in [0.25, 0.3) is 0 Å². The summed E-state index contributed by atoms with van der Waals surface area (Å²) < 4.78 is 0. The molecule has 1 saturated heterocycles. The molecule has 1 fully saturated rings. The van der Waals surface area contributed by atoms with Crippen molar-refractivity contribution in [3.63, 3.8) is 0 Å². The molecule has 2 rings (SSSR count). The van der Waals surface area contributed by atoms with Crippen molar-refractivity contribution in [1.82, 2.24) is 0 Å². The van der Waals surface area contributed by atoms with Gasteiger partial charge in [-0.25, -0.2) is 0 Å². The van der Waals surface area contributed by atoms with Crippen molar-refractivity contribution in [3.8, 4) is 0 Å². The van der Waals surface area contributed by atoms with E-state index in [2.05, 4.69) is 17.1 Å². The van der Waals surface area contributed by atoms with Gasteiger partial charge in [0.2, 0.25) is 5.91 Å². The maximum absolute atomic E-state index is 11.3. The normalized spacial score (nSPS) is 15.9. The van der Waals surface area contributed by atoms with Gasteiger partial charge in [0.15, 0.2) is 0 Å². The van der Waals surface area contributed by atoms with Crippen LogP contribution in [0.5, 0.6) is 0 Å². The fourth-order valence-electron chi connectivity index (χ4n) is 2.36. The molecular weight excluding hydrogens is 256 g/mol. The summed E-state index contributed by atoms with van der Waals surface area (Å²) in [5.41, 5.74) is 1.78. The molecule has 5 heteroatoms. The Bertz CT molecular complexity index is 476. The standard InChI is InChI=1S/C15H20N2O3/c1-11-6-8-17(9-7-11)13-4-2-12(3-5-13)16-14(18)10-15(19)20/h2-5,11H,6-10H2,1H3,(H,16,18)(H,19,20). The third-order valence-electron chi connectivity index (χ3n) is 3.61. The van der Waals surface area contributed by atoms with Gasteiger partial charge in [-0.2, -0.15) is 0 Å². The summed E-state index contributed by atoms with van der Waals surface area (Å²) >= 11 is 0. The number of piperidine rings is 1. The number of anilines is 2. The fraction of sp³-hybridized carbons (Fsp3) is 0.467. The molecule has 0 radical (unpaired) electrons. The average Bonchev–Trinajstić information content (AvgIpc) is 2.39. The van der Waals surface area contributed by atoms with Crippen LogP contribution in [0, 0.1) is 5.92 Å². The van der Waals surface area contributed by atoms with E-state index in [1.807, 2.05) is 24.3 Å². The average molecular weight is 276 g/mol. The van der Waals surface area contributed by atoms with Crippen LogP contribution in [-0.4, -0.2) is 30.1 Å². The molecule has 0 atom stereocenters. The lowest BCUT2D eigenvalue weighted by molar-refractivity contribution is -0.139. The van der Waals surface area contributed by atoms with Crippen LogP contribution in [-0.2, 0) is 9.59 Å². The topological polar surface area (TPSA) is 69.6 Å². The molecule has 1 aliphatic rings. The summed E-state index contributed by atoms with van der Waals surface area (Å²) in [6.07, 6.45) is 1.90. The van der Waals surface area contributed by atoms with Crippen LogP contribution in [0.15, 0.2) is 24.3 Å². The van der Waals surface area contributed by atoms with Crippen molar-refractivity contribution in [3.05, 3.63) is 24.3 Å². The van der Waals surface area contributed by atoms with Gasteiger partial charge < -0.3 is 15.3 Å². The molecule has 5 nitrogen and oxygen atoms in total. The Morgan fingerprint density at radius 3 is 2.40 bits per heavy atom. The first kappa shape index (κ1) is 14.4. The largest absolute Gasteiger partial charge is 0.481 e. The van der Waals surface area contributed by atoms with E-state index in [1.165, 1.54) is 12.8 Å². The third kappa shape index (κ3) is 3.98. The molecule has 1 heterocycles. The number of hydrogen-bond acceptors (Lipinski definition) is 3. The minimum absolute atomic E-state index is 0.503. The highest BCUT2D eigenvalue weighted by molar-refractivity contribution is 6.01. The maximum Gasteiger partial charge on any atom is 0.312 e. The van der Waals surface area contributed by atoms with Crippen LogP contribution < -0.4 is 10.2 Å². The van der Waals surface area contributed by atoms with Gasteiger partial charge in [0, 0.05) is 24.5 Å². The molecule has 1 aliphatic heterocycles. The van der Waals surface area contributed by atoms with Crippen molar-refractivity contribution in [1.29, 1.82) is 0 Å². The van der Waals surface area contributed by atoms with Gasteiger partial charge in [0.25, 0.3) is 0 Å². The first-order chi connectivity index (χ1) is 9.54. The number of carbonyl (C=O) groups excluding carboxylic acids is 1. The number of amides is 1. The number of nitrogens with zero attached hydrogens (tertiary/aromatic N) is 1. The zero-order valence-corrected chi connectivity index (χ0v) is 11.6. The zero-order chi connectivity index (χ0) is 14.5. The van der Waals surface area contributed by atoms with E-state index in [1.54, 1.807) is 0 Å². The van der Waals surface area contributed by atoms with E-state index in [-0.39, 0.29) is 0 Å². The molecule has 1 aromatic rings.